The number of benzene rings is 1. The zero-order chi connectivity index (χ0) is 14.7. The molecule has 0 fully saturated rings. The third-order valence-electron chi connectivity index (χ3n) is 4.66. The molecule has 0 aliphatic heterocycles. The summed E-state index contributed by atoms with van der Waals surface area (Å²) in [6, 6.07) is 10.4. The maximum atomic E-state index is 10.7. The third-order valence-corrected chi connectivity index (χ3v) is 10.4. The molecule has 0 heterocycles. The van der Waals surface area contributed by atoms with Crippen LogP contribution in [0.4, 0.5) is 5.69 Å². The molecule has 0 bridgehead atoms. The maximum absolute atomic E-state index is 10.7. The summed E-state index contributed by atoms with van der Waals surface area (Å²) in [7, 11) is -1.71. The lowest BCUT2D eigenvalue weighted by Gasteiger charge is -2.42. The van der Waals surface area contributed by atoms with Crippen LogP contribution in [0.25, 0.3) is 0 Å². The van der Waals surface area contributed by atoms with E-state index in [1.165, 1.54) is 5.69 Å². The van der Waals surface area contributed by atoms with Crippen LogP contribution in [-0.2, 0) is 0 Å². The fourth-order valence-electron chi connectivity index (χ4n) is 1.99. The number of likely N-dealkylation sites (N-methyl/N-ethyl adjacent to an activating group) is 1. The molecular formula is C16H29NOSi. The van der Waals surface area contributed by atoms with Crippen molar-refractivity contribution in [2.24, 2.45) is 0 Å². The first-order chi connectivity index (χ1) is 8.70. The van der Waals surface area contributed by atoms with E-state index in [1.807, 2.05) is 6.07 Å². The molecule has 1 aromatic rings. The fraction of sp³-hybridized carbons (Fsp3) is 0.625. The van der Waals surface area contributed by atoms with Gasteiger partial charge in [-0.15, -0.1) is 0 Å². The molecule has 1 rings (SSSR count). The zero-order valence-corrected chi connectivity index (χ0v) is 14.3. The molecule has 0 aliphatic rings. The van der Waals surface area contributed by atoms with Crippen LogP contribution in [0, 0.1) is 0 Å². The van der Waals surface area contributed by atoms with Crippen LogP contribution >= 0.6 is 0 Å². The smallest absolute Gasteiger partial charge is 0.0888 e. The molecule has 1 aromatic carbocycles. The van der Waals surface area contributed by atoms with Crippen molar-refractivity contribution < 1.29 is 5.11 Å². The molecule has 0 spiro atoms. The SMILES string of the molecule is CCN(CC(O)[Si](C)(C)C(C)(C)C)c1ccccc1. The van der Waals surface area contributed by atoms with Gasteiger partial charge in [-0.2, -0.15) is 0 Å². The Kier molecular flexibility index (Phi) is 5.22. The van der Waals surface area contributed by atoms with Crippen molar-refractivity contribution in [2.45, 2.75) is 51.6 Å². The van der Waals surface area contributed by atoms with Gasteiger partial charge in [0.25, 0.3) is 0 Å². The number of rotatable bonds is 5. The quantitative estimate of drug-likeness (QED) is 0.826. The number of nitrogens with zero attached hydrogens (tertiary/aromatic N) is 1. The molecule has 0 saturated heterocycles. The molecule has 0 saturated carbocycles. The average Bonchev–Trinajstić information content (AvgIpc) is 2.35. The molecule has 3 heteroatoms. The molecule has 0 aliphatic carbocycles. The van der Waals surface area contributed by atoms with E-state index < -0.39 is 8.07 Å². The fourth-order valence-corrected chi connectivity index (χ4v) is 3.67. The van der Waals surface area contributed by atoms with Crippen molar-refractivity contribution in [3.8, 4) is 0 Å². The normalized spacial score (nSPS) is 14.3. The van der Waals surface area contributed by atoms with E-state index in [0.717, 1.165) is 13.1 Å². The van der Waals surface area contributed by atoms with Gasteiger partial charge >= 0.3 is 0 Å². The molecule has 1 atom stereocenters. The van der Waals surface area contributed by atoms with Gasteiger partial charge in [0.1, 0.15) is 0 Å². The highest BCUT2D eigenvalue weighted by Gasteiger charge is 2.42. The van der Waals surface area contributed by atoms with Crippen molar-refractivity contribution in [1.29, 1.82) is 0 Å². The summed E-state index contributed by atoms with van der Waals surface area (Å²) in [4.78, 5) is 2.27. The van der Waals surface area contributed by atoms with E-state index in [-0.39, 0.29) is 10.8 Å². The van der Waals surface area contributed by atoms with Crippen molar-refractivity contribution in [3.05, 3.63) is 30.3 Å². The minimum Gasteiger partial charge on any atom is -0.395 e. The topological polar surface area (TPSA) is 23.5 Å². The number of aliphatic hydroxyl groups is 1. The summed E-state index contributed by atoms with van der Waals surface area (Å²) in [5.41, 5.74) is 0.982. The van der Waals surface area contributed by atoms with Crippen LogP contribution in [0.5, 0.6) is 0 Å². The molecule has 1 unspecified atom stereocenters. The lowest BCUT2D eigenvalue weighted by molar-refractivity contribution is 0.242. The van der Waals surface area contributed by atoms with Gasteiger partial charge in [-0.05, 0) is 24.1 Å². The van der Waals surface area contributed by atoms with Gasteiger partial charge in [-0.1, -0.05) is 52.1 Å². The van der Waals surface area contributed by atoms with Crippen LogP contribution in [0.3, 0.4) is 0 Å². The van der Waals surface area contributed by atoms with E-state index in [9.17, 15) is 5.11 Å². The molecule has 0 amide bonds. The Hall–Kier alpha value is -0.803. The highest BCUT2D eigenvalue weighted by Crippen LogP contribution is 2.38. The molecule has 1 N–H and O–H groups in total. The number of para-hydroxylation sites is 1. The van der Waals surface area contributed by atoms with Gasteiger partial charge in [0.05, 0.1) is 13.8 Å². The maximum Gasteiger partial charge on any atom is 0.0888 e. The number of hydrogen-bond donors (Lipinski definition) is 1. The predicted octanol–water partition coefficient (Wildman–Crippen LogP) is 3.92. The van der Waals surface area contributed by atoms with Gasteiger partial charge < -0.3 is 10.0 Å². The Balaban J connectivity index is 2.83. The molecule has 19 heavy (non-hydrogen) atoms. The third kappa shape index (κ3) is 3.83. The van der Waals surface area contributed by atoms with Crippen molar-refractivity contribution in [3.63, 3.8) is 0 Å². The first-order valence-corrected chi connectivity index (χ1v) is 10.3. The van der Waals surface area contributed by atoms with Crippen LogP contribution < -0.4 is 4.90 Å². The summed E-state index contributed by atoms with van der Waals surface area (Å²) < 4.78 is 0. The van der Waals surface area contributed by atoms with Gasteiger partial charge in [0.2, 0.25) is 0 Å². The second kappa shape index (κ2) is 6.10. The standard InChI is InChI=1S/C16H29NOSi/c1-7-17(14-11-9-8-10-12-14)13-15(18)19(5,6)16(2,3)4/h8-12,15,18H,7,13H2,1-6H3. The van der Waals surface area contributed by atoms with Gasteiger partial charge in [0, 0.05) is 18.8 Å². The Morgan fingerprint density at radius 1 is 1.16 bits per heavy atom. The van der Waals surface area contributed by atoms with Gasteiger partial charge in [-0.25, -0.2) is 0 Å². The van der Waals surface area contributed by atoms with Gasteiger partial charge in [0.15, 0.2) is 0 Å². The Bertz CT molecular complexity index is 383. The van der Waals surface area contributed by atoms with E-state index in [4.69, 9.17) is 0 Å². The average molecular weight is 279 g/mol. The number of aliphatic hydroxyl groups excluding tert-OH is 1. The van der Waals surface area contributed by atoms with E-state index >= 15 is 0 Å². The van der Waals surface area contributed by atoms with Crippen LogP contribution in [0.2, 0.25) is 18.1 Å². The first-order valence-electron chi connectivity index (χ1n) is 7.18. The highest BCUT2D eigenvalue weighted by atomic mass is 28.3. The summed E-state index contributed by atoms with van der Waals surface area (Å²) in [5.74, 6) is 0. The van der Waals surface area contributed by atoms with Crippen molar-refractivity contribution >= 4 is 13.8 Å². The monoisotopic (exact) mass is 279 g/mol. The summed E-state index contributed by atoms with van der Waals surface area (Å²) in [6.07, 6.45) is 0. The van der Waals surface area contributed by atoms with Crippen LogP contribution in [-0.4, -0.2) is 32.0 Å². The minimum atomic E-state index is -1.71. The zero-order valence-electron chi connectivity index (χ0n) is 13.3. The molecule has 0 radical (unpaired) electrons. The van der Waals surface area contributed by atoms with E-state index in [2.05, 4.69) is 70.0 Å². The largest absolute Gasteiger partial charge is 0.395 e. The van der Waals surface area contributed by atoms with Crippen LogP contribution in [0.15, 0.2) is 30.3 Å². The van der Waals surface area contributed by atoms with Crippen LogP contribution in [0.1, 0.15) is 27.7 Å². The first kappa shape index (κ1) is 16.3. The second-order valence-electron chi connectivity index (χ2n) is 6.86. The van der Waals surface area contributed by atoms with Gasteiger partial charge in [-0.3, -0.25) is 0 Å². The summed E-state index contributed by atoms with van der Waals surface area (Å²) in [6.45, 7) is 15.1. The summed E-state index contributed by atoms with van der Waals surface area (Å²) in [5, 5.41) is 10.9. The van der Waals surface area contributed by atoms with E-state index in [1.54, 1.807) is 0 Å². The Morgan fingerprint density at radius 3 is 2.11 bits per heavy atom. The molecule has 2 nitrogen and oxygen atoms in total. The highest BCUT2D eigenvalue weighted by molar-refractivity contribution is 6.81. The summed E-state index contributed by atoms with van der Waals surface area (Å²) >= 11 is 0. The lowest BCUT2D eigenvalue weighted by atomic mass is 10.2. The number of hydrogen-bond acceptors (Lipinski definition) is 2. The predicted molar refractivity (Wildman–Crippen MR) is 87.5 cm³/mol. The minimum absolute atomic E-state index is 0.211. The number of anilines is 1. The van der Waals surface area contributed by atoms with Crippen molar-refractivity contribution in [1.82, 2.24) is 0 Å². The Labute approximate surface area is 119 Å². The molecule has 0 aromatic heterocycles. The second-order valence-corrected chi connectivity index (χ2v) is 12.5. The molecule has 108 valence electrons. The Morgan fingerprint density at radius 2 is 1.68 bits per heavy atom. The van der Waals surface area contributed by atoms with E-state index in [0.29, 0.717) is 0 Å². The molecular weight excluding hydrogens is 250 g/mol. The van der Waals surface area contributed by atoms with Crippen molar-refractivity contribution in [2.75, 3.05) is 18.0 Å². The lowest BCUT2D eigenvalue weighted by Crippen LogP contribution is -2.54.